The molecule has 1 amide bonds. The number of likely N-dealkylation sites (tertiary alicyclic amines) is 1. The number of aliphatic hydroxyl groups is 1. The number of benzene rings is 3. The Balaban J connectivity index is 0.000000612. The predicted octanol–water partition coefficient (Wildman–Crippen LogP) is 4.02. The number of piperidine rings is 1. The fraction of sp³-hybridized carbons (Fsp3) is 0.364. The van der Waals surface area contributed by atoms with Crippen LogP contribution in [0.3, 0.4) is 0 Å². The third kappa shape index (κ3) is 8.89. The summed E-state index contributed by atoms with van der Waals surface area (Å²) in [6.07, 6.45) is 4.07. The minimum Gasteiger partial charge on any atom is -0.490 e. The Labute approximate surface area is 246 Å². The van der Waals surface area contributed by atoms with Crippen LogP contribution < -0.4 is 9.64 Å². The average molecular weight is 575 g/mol. The highest BCUT2D eigenvalue weighted by Gasteiger charge is 2.27. The largest absolute Gasteiger partial charge is 0.490 e. The minimum absolute atomic E-state index is 0.138. The van der Waals surface area contributed by atoms with Crippen molar-refractivity contribution in [3.8, 4) is 5.75 Å². The minimum atomic E-state index is -1.82. The van der Waals surface area contributed by atoms with Crippen LogP contribution in [0.1, 0.15) is 36.0 Å². The van der Waals surface area contributed by atoms with Gasteiger partial charge in [0.25, 0.3) is 0 Å². The summed E-state index contributed by atoms with van der Waals surface area (Å²) in [5, 5.41) is 25.5. The molecule has 3 aromatic rings. The monoisotopic (exact) mass is 574 g/mol. The molecule has 0 saturated carbocycles. The molecule has 0 aliphatic carbocycles. The number of fused-ring (bicyclic) bond motifs is 1. The Bertz CT molecular complexity index is 1310. The molecule has 0 spiro atoms. The van der Waals surface area contributed by atoms with Gasteiger partial charge in [-0.1, -0.05) is 66.7 Å². The van der Waals surface area contributed by atoms with Crippen molar-refractivity contribution in [2.45, 2.75) is 44.8 Å². The zero-order valence-corrected chi connectivity index (χ0v) is 23.6. The number of aliphatic carboxylic acids is 2. The van der Waals surface area contributed by atoms with E-state index in [0.717, 1.165) is 48.0 Å². The highest BCUT2D eigenvalue weighted by Crippen LogP contribution is 2.35. The Morgan fingerprint density at radius 1 is 0.833 bits per heavy atom. The molecular formula is C33H38N2O7. The van der Waals surface area contributed by atoms with Crippen molar-refractivity contribution in [2.24, 2.45) is 5.92 Å². The SMILES string of the molecule is O=C(O)C(=O)O.O=C1CCc2c(OCC(O)CN3CCC(Cc4ccccc4)CC3)cccc2N1Cc1ccccc1. The van der Waals surface area contributed by atoms with Crippen LogP contribution in [0.15, 0.2) is 78.9 Å². The van der Waals surface area contributed by atoms with Gasteiger partial charge in [0.15, 0.2) is 0 Å². The van der Waals surface area contributed by atoms with E-state index in [9.17, 15) is 9.90 Å². The van der Waals surface area contributed by atoms with Gasteiger partial charge in [-0.15, -0.1) is 0 Å². The van der Waals surface area contributed by atoms with Crippen LogP contribution in [-0.2, 0) is 33.8 Å². The van der Waals surface area contributed by atoms with Crippen molar-refractivity contribution in [3.05, 3.63) is 95.6 Å². The van der Waals surface area contributed by atoms with Gasteiger partial charge in [-0.05, 0) is 68.0 Å². The standard InChI is InChI=1S/C31H36N2O3.C2H2O4/c34-27(22-32-18-16-25(17-19-32)20-24-8-3-1-4-9-24)23-36-30-13-7-12-29-28(30)14-15-31(35)33(29)21-26-10-5-2-6-11-26;3-1(4)2(5)6/h1-13,25,27,34H,14-23H2;(H,3,4)(H,5,6). The lowest BCUT2D eigenvalue weighted by atomic mass is 9.90. The summed E-state index contributed by atoms with van der Waals surface area (Å²) in [4.78, 5) is 35.1. The summed E-state index contributed by atoms with van der Waals surface area (Å²) in [5.74, 6) is -2.02. The molecule has 1 fully saturated rings. The summed E-state index contributed by atoms with van der Waals surface area (Å²) in [6, 6.07) is 26.7. The molecular weight excluding hydrogens is 536 g/mol. The molecule has 2 aliphatic heterocycles. The number of carboxylic acids is 2. The fourth-order valence-electron chi connectivity index (χ4n) is 5.49. The summed E-state index contributed by atoms with van der Waals surface area (Å²) in [7, 11) is 0. The third-order valence-electron chi connectivity index (χ3n) is 7.63. The molecule has 9 nitrogen and oxygen atoms in total. The first-order valence-electron chi connectivity index (χ1n) is 14.3. The van der Waals surface area contributed by atoms with Gasteiger partial charge in [-0.3, -0.25) is 4.79 Å². The van der Waals surface area contributed by atoms with Crippen LogP contribution in [-0.4, -0.2) is 70.4 Å². The zero-order chi connectivity index (χ0) is 29.9. The smallest absolute Gasteiger partial charge is 0.414 e. The van der Waals surface area contributed by atoms with Gasteiger partial charge < -0.3 is 29.9 Å². The number of nitrogens with zero attached hydrogens (tertiary/aromatic N) is 2. The van der Waals surface area contributed by atoms with Crippen molar-refractivity contribution in [2.75, 3.05) is 31.1 Å². The van der Waals surface area contributed by atoms with Gasteiger partial charge in [0, 0.05) is 18.5 Å². The number of rotatable bonds is 9. The van der Waals surface area contributed by atoms with E-state index in [1.165, 1.54) is 18.4 Å². The molecule has 3 aromatic carbocycles. The Morgan fingerprint density at radius 3 is 2.07 bits per heavy atom. The highest BCUT2D eigenvalue weighted by atomic mass is 16.5. The van der Waals surface area contributed by atoms with Gasteiger partial charge in [0.2, 0.25) is 5.91 Å². The maximum Gasteiger partial charge on any atom is 0.414 e. The highest BCUT2D eigenvalue weighted by molar-refractivity contribution is 6.27. The van der Waals surface area contributed by atoms with Gasteiger partial charge >= 0.3 is 11.9 Å². The summed E-state index contributed by atoms with van der Waals surface area (Å²) < 4.78 is 6.13. The molecule has 3 N–H and O–H groups in total. The van der Waals surface area contributed by atoms with E-state index in [4.69, 9.17) is 24.5 Å². The predicted molar refractivity (Wildman–Crippen MR) is 158 cm³/mol. The van der Waals surface area contributed by atoms with Crippen LogP contribution in [0.2, 0.25) is 0 Å². The van der Waals surface area contributed by atoms with Crippen molar-refractivity contribution in [3.63, 3.8) is 0 Å². The van der Waals surface area contributed by atoms with Gasteiger partial charge in [-0.2, -0.15) is 0 Å². The van der Waals surface area contributed by atoms with Gasteiger partial charge in [-0.25, -0.2) is 9.59 Å². The maximum absolute atomic E-state index is 12.7. The molecule has 222 valence electrons. The molecule has 42 heavy (non-hydrogen) atoms. The maximum atomic E-state index is 12.7. The van der Waals surface area contributed by atoms with Crippen LogP contribution >= 0.6 is 0 Å². The lowest BCUT2D eigenvalue weighted by Crippen LogP contribution is -2.41. The molecule has 0 radical (unpaired) electrons. The number of carbonyl (C=O) groups is 3. The van der Waals surface area contributed by atoms with E-state index < -0.39 is 18.0 Å². The Morgan fingerprint density at radius 2 is 1.45 bits per heavy atom. The van der Waals surface area contributed by atoms with Gasteiger partial charge in [0.05, 0.1) is 12.2 Å². The number of amides is 1. The number of hydrogen-bond acceptors (Lipinski definition) is 6. The second kappa shape index (κ2) is 15.1. The van der Waals surface area contributed by atoms with Crippen molar-refractivity contribution < 1.29 is 34.4 Å². The van der Waals surface area contributed by atoms with Crippen LogP contribution in [0.5, 0.6) is 5.75 Å². The molecule has 1 unspecified atom stereocenters. The molecule has 2 aliphatic rings. The number of aliphatic hydroxyl groups excluding tert-OH is 1. The van der Waals surface area contributed by atoms with E-state index in [1.807, 2.05) is 53.4 Å². The van der Waals surface area contributed by atoms with Gasteiger partial charge in [0.1, 0.15) is 18.5 Å². The Hall–Kier alpha value is -4.21. The third-order valence-corrected chi connectivity index (χ3v) is 7.63. The molecule has 0 aromatic heterocycles. The van der Waals surface area contributed by atoms with Crippen LogP contribution in [0.25, 0.3) is 0 Å². The lowest BCUT2D eigenvalue weighted by Gasteiger charge is -2.33. The van der Waals surface area contributed by atoms with Crippen LogP contribution in [0, 0.1) is 5.92 Å². The number of anilines is 1. The van der Waals surface area contributed by atoms with Crippen molar-refractivity contribution in [1.29, 1.82) is 0 Å². The van der Waals surface area contributed by atoms with Crippen LogP contribution in [0.4, 0.5) is 5.69 Å². The Kier molecular flexibility index (Phi) is 11.1. The normalized spacial score (nSPS) is 16.1. The van der Waals surface area contributed by atoms with E-state index >= 15 is 0 Å². The number of ether oxygens (including phenoxy) is 1. The quantitative estimate of drug-likeness (QED) is 0.327. The molecule has 2 heterocycles. The average Bonchev–Trinajstić information content (AvgIpc) is 3.00. The topological polar surface area (TPSA) is 128 Å². The van der Waals surface area contributed by atoms with Crippen molar-refractivity contribution >= 4 is 23.5 Å². The van der Waals surface area contributed by atoms with E-state index in [1.54, 1.807) is 0 Å². The molecule has 5 rings (SSSR count). The first-order chi connectivity index (χ1) is 20.3. The molecule has 1 atom stereocenters. The van der Waals surface area contributed by atoms with E-state index in [2.05, 4.69) is 35.2 Å². The summed E-state index contributed by atoms with van der Waals surface area (Å²) in [6.45, 7) is 3.48. The lowest BCUT2D eigenvalue weighted by molar-refractivity contribution is -0.159. The second-order valence-electron chi connectivity index (χ2n) is 10.7. The number of β-amino-alcohol motifs (C(OH)–C–C–N with tert-alkyl or cyclic N) is 1. The van der Waals surface area contributed by atoms with Crippen molar-refractivity contribution in [1.82, 2.24) is 4.90 Å². The fourth-order valence-corrected chi connectivity index (χ4v) is 5.49. The molecule has 9 heteroatoms. The first-order valence-corrected chi connectivity index (χ1v) is 14.3. The zero-order valence-electron chi connectivity index (χ0n) is 23.6. The summed E-state index contributed by atoms with van der Waals surface area (Å²) >= 11 is 0. The van der Waals surface area contributed by atoms with E-state index in [0.29, 0.717) is 25.9 Å². The number of carboxylic acid groups (broad SMARTS) is 2. The first kappa shape index (κ1) is 30.7. The number of carbonyl (C=O) groups excluding carboxylic acids is 1. The van der Waals surface area contributed by atoms with E-state index in [-0.39, 0.29) is 12.5 Å². The molecule has 1 saturated heterocycles. The number of hydrogen-bond donors (Lipinski definition) is 3. The second-order valence-corrected chi connectivity index (χ2v) is 10.7. The summed E-state index contributed by atoms with van der Waals surface area (Å²) in [5.41, 5.74) is 4.50. The molecule has 0 bridgehead atoms.